The lowest BCUT2D eigenvalue weighted by Crippen LogP contribution is -2.51. The van der Waals surface area contributed by atoms with E-state index in [0.29, 0.717) is 38.3 Å². The number of hydrogen-bond acceptors (Lipinski definition) is 4. The van der Waals surface area contributed by atoms with Crippen LogP contribution in [0.4, 0.5) is 0 Å². The van der Waals surface area contributed by atoms with Gasteiger partial charge in [-0.25, -0.2) is 0 Å². The monoisotopic (exact) mass is 291 g/mol. The molecule has 0 bridgehead atoms. The highest BCUT2D eigenvalue weighted by atomic mass is 16.5. The smallest absolute Gasteiger partial charge is 0.252 e. The van der Waals surface area contributed by atoms with Gasteiger partial charge in [0.1, 0.15) is 6.04 Å². The van der Waals surface area contributed by atoms with Gasteiger partial charge in [-0.2, -0.15) is 0 Å². The minimum atomic E-state index is -0.496. The second-order valence-corrected chi connectivity index (χ2v) is 5.06. The molecule has 1 aliphatic rings. The number of ether oxygens (including phenoxy) is 1. The molecule has 114 valence electrons. The van der Waals surface area contributed by atoms with Crippen LogP contribution in [0.1, 0.15) is 29.4 Å². The van der Waals surface area contributed by atoms with E-state index >= 15 is 0 Å². The zero-order valence-corrected chi connectivity index (χ0v) is 12.5. The fourth-order valence-corrected chi connectivity index (χ4v) is 2.27. The van der Waals surface area contributed by atoms with Crippen molar-refractivity contribution in [2.45, 2.75) is 26.3 Å². The van der Waals surface area contributed by atoms with Crippen LogP contribution < -0.4 is 5.32 Å². The number of amides is 2. The summed E-state index contributed by atoms with van der Waals surface area (Å²) in [6.07, 6.45) is 2.15. The molecule has 21 heavy (non-hydrogen) atoms. The van der Waals surface area contributed by atoms with Gasteiger partial charge in [0, 0.05) is 30.5 Å². The third-order valence-electron chi connectivity index (χ3n) is 3.49. The van der Waals surface area contributed by atoms with Gasteiger partial charge < -0.3 is 15.0 Å². The van der Waals surface area contributed by atoms with Gasteiger partial charge in [-0.15, -0.1) is 0 Å². The fraction of sp³-hybridized carbons (Fsp3) is 0.533. The van der Waals surface area contributed by atoms with Crippen LogP contribution in [0, 0.1) is 6.92 Å². The number of carbonyl (C=O) groups is 2. The summed E-state index contributed by atoms with van der Waals surface area (Å²) < 4.78 is 5.24. The van der Waals surface area contributed by atoms with Crippen LogP contribution in [0.2, 0.25) is 0 Å². The Bertz CT molecular complexity index is 513. The highest BCUT2D eigenvalue weighted by Gasteiger charge is 2.26. The Labute approximate surface area is 124 Å². The quantitative estimate of drug-likeness (QED) is 0.889. The molecular formula is C15H21N3O3. The third-order valence-corrected chi connectivity index (χ3v) is 3.49. The first-order valence-corrected chi connectivity index (χ1v) is 7.22. The van der Waals surface area contributed by atoms with Gasteiger partial charge in [0.25, 0.3) is 5.91 Å². The highest BCUT2D eigenvalue weighted by molar-refractivity contribution is 5.97. The van der Waals surface area contributed by atoms with Crippen molar-refractivity contribution >= 4 is 11.8 Å². The summed E-state index contributed by atoms with van der Waals surface area (Å²) in [5, 5.41) is 2.81. The Morgan fingerprint density at radius 1 is 1.43 bits per heavy atom. The molecule has 0 radical (unpaired) electrons. The molecule has 1 saturated heterocycles. The second-order valence-electron chi connectivity index (χ2n) is 5.06. The van der Waals surface area contributed by atoms with Crippen LogP contribution in [0.3, 0.4) is 0 Å². The average molecular weight is 291 g/mol. The van der Waals surface area contributed by atoms with Crippen LogP contribution in [0.5, 0.6) is 0 Å². The number of aryl methyl sites for hydroxylation is 1. The number of rotatable bonds is 4. The van der Waals surface area contributed by atoms with Crippen LogP contribution in [0.25, 0.3) is 0 Å². The Balaban J connectivity index is 2.01. The largest absolute Gasteiger partial charge is 0.378 e. The van der Waals surface area contributed by atoms with E-state index in [1.165, 1.54) is 0 Å². The summed E-state index contributed by atoms with van der Waals surface area (Å²) in [4.78, 5) is 30.4. The normalized spacial score (nSPS) is 16.4. The molecule has 2 rings (SSSR count). The van der Waals surface area contributed by atoms with Gasteiger partial charge in [0.2, 0.25) is 5.91 Å². The SMILES string of the molecule is CCC(NC(=O)c1ccnc(C)c1)C(=O)N1CCOCC1. The minimum Gasteiger partial charge on any atom is -0.378 e. The molecule has 6 heteroatoms. The maximum absolute atomic E-state index is 12.4. The van der Waals surface area contributed by atoms with E-state index in [4.69, 9.17) is 4.74 Å². The van der Waals surface area contributed by atoms with Gasteiger partial charge in [0.05, 0.1) is 13.2 Å². The van der Waals surface area contributed by atoms with E-state index in [1.807, 2.05) is 13.8 Å². The molecule has 1 fully saturated rings. The van der Waals surface area contributed by atoms with E-state index in [2.05, 4.69) is 10.3 Å². The predicted molar refractivity (Wildman–Crippen MR) is 77.9 cm³/mol. The molecule has 1 unspecified atom stereocenters. The lowest BCUT2D eigenvalue weighted by Gasteiger charge is -2.30. The van der Waals surface area contributed by atoms with Crippen molar-refractivity contribution in [1.29, 1.82) is 0 Å². The first-order chi connectivity index (χ1) is 10.1. The predicted octanol–water partition coefficient (Wildman–Crippen LogP) is 0.757. The number of hydrogen-bond donors (Lipinski definition) is 1. The third kappa shape index (κ3) is 4.01. The first-order valence-electron chi connectivity index (χ1n) is 7.22. The van der Waals surface area contributed by atoms with Crippen molar-refractivity contribution in [3.05, 3.63) is 29.6 Å². The van der Waals surface area contributed by atoms with Gasteiger partial charge in [0.15, 0.2) is 0 Å². The molecule has 0 spiro atoms. The van der Waals surface area contributed by atoms with E-state index in [0.717, 1.165) is 5.69 Å². The topological polar surface area (TPSA) is 71.5 Å². The van der Waals surface area contributed by atoms with Crippen molar-refractivity contribution < 1.29 is 14.3 Å². The maximum Gasteiger partial charge on any atom is 0.252 e. The fourth-order valence-electron chi connectivity index (χ4n) is 2.27. The molecule has 0 aromatic carbocycles. The molecule has 1 atom stereocenters. The maximum atomic E-state index is 12.4. The average Bonchev–Trinajstić information content (AvgIpc) is 2.52. The molecular weight excluding hydrogens is 270 g/mol. The lowest BCUT2D eigenvalue weighted by atomic mass is 10.1. The molecule has 1 aliphatic heterocycles. The molecule has 2 heterocycles. The summed E-state index contributed by atoms with van der Waals surface area (Å²) in [5.74, 6) is -0.283. The molecule has 1 aromatic rings. The van der Waals surface area contributed by atoms with Gasteiger partial charge >= 0.3 is 0 Å². The van der Waals surface area contributed by atoms with Crippen LogP contribution in [0.15, 0.2) is 18.3 Å². The number of aromatic nitrogens is 1. The van der Waals surface area contributed by atoms with E-state index in [9.17, 15) is 9.59 Å². The molecule has 6 nitrogen and oxygen atoms in total. The van der Waals surface area contributed by atoms with Crippen LogP contribution in [-0.4, -0.2) is 54.0 Å². The Kier molecular flexibility index (Phi) is 5.27. The van der Waals surface area contributed by atoms with Crippen LogP contribution >= 0.6 is 0 Å². The molecule has 1 aromatic heterocycles. The Morgan fingerprint density at radius 3 is 2.76 bits per heavy atom. The number of pyridine rings is 1. The summed E-state index contributed by atoms with van der Waals surface area (Å²) in [5.41, 5.74) is 1.30. The van der Waals surface area contributed by atoms with Crippen molar-refractivity contribution in [3.8, 4) is 0 Å². The van der Waals surface area contributed by atoms with Gasteiger partial charge in [-0.1, -0.05) is 6.92 Å². The van der Waals surface area contributed by atoms with Crippen molar-refractivity contribution in [2.24, 2.45) is 0 Å². The number of nitrogens with zero attached hydrogens (tertiary/aromatic N) is 2. The Morgan fingerprint density at radius 2 is 2.14 bits per heavy atom. The molecule has 0 saturated carbocycles. The van der Waals surface area contributed by atoms with E-state index < -0.39 is 6.04 Å². The summed E-state index contributed by atoms with van der Waals surface area (Å²) >= 11 is 0. The Hall–Kier alpha value is -1.95. The molecule has 0 aliphatic carbocycles. The molecule has 2 amide bonds. The van der Waals surface area contributed by atoms with Crippen molar-refractivity contribution in [3.63, 3.8) is 0 Å². The zero-order chi connectivity index (χ0) is 15.2. The summed E-state index contributed by atoms with van der Waals surface area (Å²) in [6, 6.07) is 2.86. The summed E-state index contributed by atoms with van der Waals surface area (Å²) in [6.45, 7) is 5.99. The lowest BCUT2D eigenvalue weighted by molar-refractivity contribution is -0.137. The van der Waals surface area contributed by atoms with Gasteiger partial charge in [-0.05, 0) is 25.5 Å². The second kappa shape index (κ2) is 7.17. The van der Waals surface area contributed by atoms with E-state index in [-0.39, 0.29) is 11.8 Å². The highest BCUT2D eigenvalue weighted by Crippen LogP contribution is 2.06. The van der Waals surface area contributed by atoms with E-state index in [1.54, 1.807) is 23.2 Å². The number of nitrogens with one attached hydrogen (secondary N) is 1. The molecule has 1 N–H and O–H groups in total. The van der Waals surface area contributed by atoms with Crippen molar-refractivity contribution in [1.82, 2.24) is 15.2 Å². The van der Waals surface area contributed by atoms with Crippen LogP contribution in [-0.2, 0) is 9.53 Å². The number of morpholine rings is 1. The van der Waals surface area contributed by atoms with Crippen molar-refractivity contribution in [2.75, 3.05) is 26.3 Å². The van der Waals surface area contributed by atoms with Gasteiger partial charge in [-0.3, -0.25) is 14.6 Å². The first kappa shape index (κ1) is 15.4. The number of carbonyl (C=O) groups excluding carboxylic acids is 2. The zero-order valence-electron chi connectivity index (χ0n) is 12.5. The minimum absolute atomic E-state index is 0.0417. The summed E-state index contributed by atoms with van der Waals surface area (Å²) in [7, 11) is 0. The standard InChI is InChI=1S/C15H21N3O3/c1-3-13(15(20)18-6-8-21-9-7-18)17-14(19)12-4-5-16-11(2)10-12/h4-5,10,13H,3,6-9H2,1-2H3,(H,17,19).